The molecule has 2 aliphatic heterocycles. The molecular formula is C18H14N4O6. The van der Waals surface area contributed by atoms with Crippen LogP contribution in [0.4, 0.5) is 10.5 Å². The van der Waals surface area contributed by atoms with E-state index in [1.165, 1.54) is 21.6 Å². The summed E-state index contributed by atoms with van der Waals surface area (Å²) in [6.07, 6.45) is -0.647. The number of benzene rings is 2. The molecule has 0 spiro atoms. The number of rotatable bonds is 2. The Hall–Kier alpha value is -3.82. The number of carboxylic acid groups (broad SMARTS) is 1. The van der Waals surface area contributed by atoms with Gasteiger partial charge in [0, 0.05) is 18.0 Å². The second-order valence-electron chi connectivity index (χ2n) is 6.94. The number of imidazole rings is 1. The number of nitro benzene ring substituents is 1. The third-order valence-electron chi connectivity index (χ3n) is 5.62. The van der Waals surface area contributed by atoms with Crippen LogP contribution in [0.5, 0.6) is 5.88 Å². The summed E-state index contributed by atoms with van der Waals surface area (Å²) in [6.45, 7) is 0.192. The highest BCUT2D eigenvalue weighted by Crippen LogP contribution is 2.48. The molecule has 10 heteroatoms. The lowest BCUT2D eigenvalue weighted by Gasteiger charge is -2.24. The Kier molecular flexibility index (Phi) is 3.12. The molecule has 142 valence electrons. The number of hydrogen-bond acceptors (Lipinski definition) is 5. The van der Waals surface area contributed by atoms with Crippen LogP contribution >= 0.6 is 0 Å². The Balaban J connectivity index is 1.77. The van der Waals surface area contributed by atoms with Crippen LogP contribution in [0.1, 0.15) is 24.2 Å². The summed E-state index contributed by atoms with van der Waals surface area (Å²) in [4.78, 5) is 36.6. The Morgan fingerprint density at radius 2 is 1.89 bits per heavy atom. The Morgan fingerprint density at radius 3 is 2.57 bits per heavy atom. The first-order valence-corrected chi connectivity index (χ1v) is 8.62. The number of aromatic hydroxyl groups is 1. The molecular weight excluding hydrogens is 368 g/mol. The number of nitrogens with zero attached hydrogens (tertiary/aromatic N) is 4. The number of hydrogen-bond donors (Lipinski definition) is 2. The maximum absolute atomic E-state index is 13.1. The average molecular weight is 382 g/mol. The molecule has 1 aromatic heterocycles. The first-order valence-electron chi connectivity index (χ1n) is 8.62. The van der Waals surface area contributed by atoms with E-state index < -0.39 is 22.7 Å². The van der Waals surface area contributed by atoms with Crippen molar-refractivity contribution < 1.29 is 19.9 Å². The summed E-state index contributed by atoms with van der Waals surface area (Å²) < 4.78 is 2.54. The molecule has 2 atom stereocenters. The van der Waals surface area contributed by atoms with Gasteiger partial charge < -0.3 is 10.2 Å². The van der Waals surface area contributed by atoms with Gasteiger partial charge in [-0.05, 0) is 18.6 Å². The van der Waals surface area contributed by atoms with E-state index in [1.807, 2.05) is 0 Å². The van der Waals surface area contributed by atoms with Gasteiger partial charge in [0.05, 0.1) is 28.1 Å². The first kappa shape index (κ1) is 16.4. The molecule has 3 aromatic rings. The largest absolute Gasteiger partial charge is 0.493 e. The summed E-state index contributed by atoms with van der Waals surface area (Å²) in [6, 6.07) is 8.38. The fourth-order valence-electron chi connectivity index (χ4n) is 4.50. The predicted octanol–water partition coefficient (Wildman–Crippen LogP) is 2.39. The van der Waals surface area contributed by atoms with Crippen molar-refractivity contribution in [2.45, 2.75) is 18.5 Å². The minimum absolute atomic E-state index is 0.101. The highest BCUT2D eigenvalue weighted by atomic mass is 16.6. The second kappa shape index (κ2) is 5.35. The summed E-state index contributed by atoms with van der Waals surface area (Å²) in [5.74, 6) is -0.331. The molecule has 10 nitrogen and oxygen atoms in total. The van der Waals surface area contributed by atoms with Gasteiger partial charge in [0.15, 0.2) is 0 Å². The molecule has 1 fully saturated rings. The van der Waals surface area contributed by atoms with Gasteiger partial charge in [0.25, 0.3) is 5.69 Å². The van der Waals surface area contributed by atoms with Crippen LogP contribution < -0.4 is 5.69 Å². The Morgan fingerprint density at radius 1 is 1.18 bits per heavy atom. The molecule has 0 radical (unpaired) electrons. The Labute approximate surface area is 156 Å². The molecule has 28 heavy (non-hydrogen) atoms. The van der Waals surface area contributed by atoms with Crippen LogP contribution in [0, 0.1) is 10.1 Å². The fourth-order valence-corrected chi connectivity index (χ4v) is 4.50. The van der Waals surface area contributed by atoms with Crippen molar-refractivity contribution in [3.63, 3.8) is 0 Å². The van der Waals surface area contributed by atoms with E-state index >= 15 is 0 Å². The minimum Gasteiger partial charge on any atom is -0.493 e. The second-order valence-corrected chi connectivity index (χ2v) is 6.94. The number of nitro groups is 1. The standard InChI is InChI=1S/C18H14N4O6/c23-16-15-14-7-9(8-19(14)18(25)26)20(15)17(24)21(16)12-5-6-13(22(27)28)11-4-2-1-3-10(11)12/h1-6,9,14,23H,7-8H2,(H,25,26)/t9-,14-/m1/s1. The normalized spacial score (nSPS) is 19.9. The van der Waals surface area contributed by atoms with Crippen LogP contribution in [0.25, 0.3) is 16.5 Å². The zero-order valence-corrected chi connectivity index (χ0v) is 14.3. The fraction of sp³-hybridized carbons (Fsp3) is 0.222. The van der Waals surface area contributed by atoms with Gasteiger partial charge in [-0.1, -0.05) is 18.2 Å². The van der Waals surface area contributed by atoms with E-state index in [9.17, 15) is 29.9 Å². The first-order chi connectivity index (χ1) is 13.4. The number of likely N-dealkylation sites (tertiary alicyclic amines) is 1. The van der Waals surface area contributed by atoms with E-state index in [4.69, 9.17) is 0 Å². The monoisotopic (exact) mass is 382 g/mol. The SMILES string of the molecule is O=C(O)N1C[C@H]2C[C@@H]1c1c(O)n(-c3ccc([N+](=O)[O-])c4ccccc34)c(=O)n12. The van der Waals surface area contributed by atoms with Crippen molar-refractivity contribution in [1.82, 2.24) is 14.0 Å². The van der Waals surface area contributed by atoms with Crippen molar-refractivity contribution in [3.05, 3.63) is 62.7 Å². The molecule has 0 saturated carbocycles. The zero-order valence-electron chi connectivity index (χ0n) is 14.3. The van der Waals surface area contributed by atoms with E-state index in [1.54, 1.807) is 24.3 Å². The van der Waals surface area contributed by atoms with E-state index in [0.717, 1.165) is 4.57 Å². The third kappa shape index (κ3) is 1.91. The topological polar surface area (TPSA) is 131 Å². The van der Waals surface area contributed by atoms with Crippen LogP contribution in [0.2, 0.25) is 0 Å². The van der Waals surface area contributed by atoms with Gasteiger partial charge in [-0.15, -0.1) is 0 Å². The number of aromatic nitrogens is 2. The van der Waals surface area contributed by atoms with Crippen LogP contribution in [-0.4, -0.2) is 41.8 Å². The maximum Gasteiger partial charge on any atom is 0.407 e. The van der Waals surface area contributed by atoms with Crippen LogP contribution in [0.3, 0.4) is 0 Å². The maximum atomic E-state index is 13.1. The summed E-state index contributed by atoms with van der Waals surface area (Å²) in [7, 11) is 0. The van der Waals surface area contributed by atoms with Gasteiger partial charge in [0.1, 0.15) is 5.69 Å². The average Bonchev–Trinajstić information content (AvgIpc) is 3.33. The molecule has 1 saturated heterocycles. The highest BCUT2D eigenvalue weighted by molar-refractivity contribution is 5.97. The highest BCUT2D eigenvalue weighted by Gasteiger charge is 2.49. The van der Waals surface area contributed by atoms with Gasteiger partial charge in [-0.2, -0.15) is 0 Å². The van der Waals surface area contributed by atoms with Crippen LogP contribution in [0.15, 0.2) is 41.2 Å². The van der Waals surface area contributed by atoms with Crippen molar-refractivity contribution in [2.24, 2.45) is 0 Å². The third-order valence-corrected chi connectivity index (χ3v) is 5.62. The molecule has 1 amide bonds. The van der Waals surface area contributed by atoms with Gasteiger partial charge in [-0.25, -0.2) is 14.2 Å². The van der Waals surface area contributed by atoms with Crippen molar-refractivity contribution in [2.75, 3.05) is 6.54 Å². The van der Waals surface area contributed by atoms with E-state index in [0.29, 0.717) is 22.9 Å². The quantitative estimate of drug-likeness (QED) is 0.517. The molecule has 2 bridgehead atoms. The molecule has 0 unspecified atom stereocenters. The van der Waals surface area contributed by atoms with E-state index in [2.05, 4.69) is 0 Å². The zero-order chi connectivity index (χ0) is 19.7. The lowest BCUT2D eigenvalue weighted by molar-refractivity contribution is -0.383. The predicted molar refractivity (Wildman–Crippen MR) is 97.0 cm³/mol. The van der Waals surface area contributed by atoms with Gasteiger partial charge in [0.2, 0.25) is 5.88 Å². The number of non-ortho nitro benzene ring substituents is 1. The smallest absolute Gasteiger partial charge is 0.407 e. The Bertz CT molecular complexity index is 1240. The van der Waals surface area contributed by atoms with Gasteiger partial charge >= 0.3 is 11.8 Å². The molecule has 2 N–H and O–H groups in total. The molecule has 0 aliphatic carbocycles. The summed E-state index contributed by atoms with van der Waals surface area (Å²) in [5, 5.41) is 32.3. The molecule has 3 heterocycles. The van der Waals surface area contributed by atoms with Crippen molar-refractivity contribution >= 4 is 22.6 Å². The molecule has 2 aliphatic rings. The number of fused-ring (bicyclic) bond motifs is 6. The molecule has 5 rings (SSSR count). The van der Waals surface area contributed by atoms with Gasteiger partial charge in [-0.3, -0.25) is 19.6 Å². The lowest BCUT2D eigenvalue weighted by atomic mass is 10.1. The number of amides is 1. The van der Waals surface area contributed by atoms with Crippen molar-refractivity contribution in [1.29, 1.82) is 0 Å². The van der Waals surface area contributed by atoms with Crippen LogP contribution in [-0.2, 0) is 0 Å². The lowest BCUT2D eigenvalue weighted by Crippen LogP contribution is -2.36. The molecule has 2 aromatic carbocycles. The number of carbonyl (C=O) groups is 1. The minimum atomic E-state index is -1.10. The van der Waals surface area contributed by atoms with Crippen molar-refractivity contribution in [3.8, 4) is 11.6 Å². The van der Waals surface area contributed by atoms with E-state index in [-0.39, 0.29) is 29.8 Å². The summed E-state index contributed by atoms with van der Waals surface area (Å²) in [5.41, 5.74) is -0.00207. The summed E-state index contributed by atoms with van der Waals surface area (Å²) >= 11 is 0.